The molecule has 29 heavy (non-hydrogen) atoms. The van der Waals surface area contributed by atoms with Crippen molar-refractivity contribution < 1.29 is 9.53 Å². The molecule has 4 rings (SSSR count). The molecule has 0 aliphatic rings. The van der Waals surface area contributed by atoms with Gasteiger partial charge in [0.15, 0.2) is 5.13 Å². The largest absolute Gasteiger partial charge is 0.485 e. The Balaban J connectivity index is 1.48. The monoisotopic (exact) mass is 444 g/mol. The molecule has 0 radical (unpaired) electrons. The van der Waals surface area contributed by atoms with E-state index >= 15 is 0 Å². The maximum atomic E-state index is 12.8. The molecule has 0 saturated heterocycles. The number of hydrogen-bond acceptors (Lipinski definition) is 8. The average molecular weight is 445 g/mol. The van der Waals surface area contributed by atoms with Crippen LogP contribution in [0.5, 0.6) is 5.75 Å². The highest BCUT2D eigenvalue weighted by atomic mass is 32.1. The maximum absolute atomic E-state index is 12.8. The molecule has 150 valence electrons. The van der Waals surface area contributed by atoms with Crippen molar-refractivity contribution in [2.45, 2.75) is 20.5 Å². The smallest absolute Gasteiger partial charge is 0.265 e. The predicted octanol–water partition coefficient (Wildman–Crippen LogP) is 5.49. The Morgan fingerprint density at radius 2 is 2.03 bits per heavy atom. The van der Waals surface area contributed by atoms with Crippen LogP contribution in [0.4, 0.5) is 10.8 Å². The molecule has 0 fully saturated rings. The quantitative estimate of drug-likeness (QED) is 0.389. The van der Waals surface area contributed by atoms with E-state index in [2.05, 4.69) is 29.0 Å². The van der Waals surface area contributed by atoms with Crippen molar-refractivity contribution in [2.75, 3.05) is 23.3 Å². The molecule has 4 aromatic rings. The summed E-state index contributed by atoms with van der Waals surface area (Å²) in [5, 5.41) is 5.91. The number of carbonyl (C=O) groups excluding carboxylic acids is 1. The Morgan fingerprint density at radius 1 is 1.21 bits per heavy atom. The molecule has 0 aliphatic heterocycles. The number of thiophene rings is 1. The molecule has 0 bridgehead atoms. The van der Waals surface area contributed by atoms with E-state index in [9.17, 15) is 4.79 Å². The van der Waals surface area contributed by atoms with Gasteiger partial charge in [-0.15, -0.1) is 22.7 Å². The highest BCUT2D eigenvalue weighted by Crippen LogP contribution is 2.35. The molecule has 0 unspecified atom stereocenters. The number of amides is 1. The molecule has 1 N–H and O–H groups in total. The first-order valence-corrected chi connectivity index (χ1v) is 11.8. The lowest BCUT2D eigenvalue weighted by atomic mass is 10.3. The number of fused-ring (bicyclic) bond motifs is 1. The minimum atomic E-state index is -0.158. The van der Waals surface area contributed by atoms with Gasteiger partial charge in [-0.3, -0.25) is 4.79 Å². The van der Waals surface area contributed by atoms with E-state index in [1.165, 1.54) is 22.7 Å². The topological polar surface area (TPSA) is 67.4 Å². The summed E-state index contributed by atoms with van der Waals surface area (Å²) >= 11 is 4.56. The Morgan fingerprint density at radius 3 is 2.76 bits per heavy atom. The second-order valence-electron chi connectivity index (χ2n) is 6.17. The van der Waals surface area contributed by atoms with E-state index in [-0.39, 0.29) is 5.91 Å². The molecule has 0 aliphatic carbocycles. The summed E-state index contributed by atoms with van der Waals surface area (Å²) in [7, 11) is 0. The molecule has 0 spiro atoms. The van der Waals surface area contributed by atoms with Gasteiger partial charge in [0.2, 0.25) is 0 Å². The highest BCUT2D eigenvalue weighted by Gasteiger charge is 2.17. The van der Waals surface area contributed by atoms with Crippen molar-refractivity contribution in [3.8, 4) is 5.75 Å². The average Bonchev–Trinajstić information content (AvgIpc) is 3.45. The zero-order chi connectivity index (χ0) is 20.2. The van der Waals surface area contributed by atoms with Crippen LogP contribution >= 0.6 is 34.0 Å². The third-order valence-corrected chi connectivity index (χ3v) is 7.19. The molecular weight excluding hydrogens is 424 g/mol. The van der Waals surface area contributed by atoms with Gasteiger partial charge in [-0.05, 0) is 32.0 Å². The summed E-state index contributed by atoms with van der Waals surface area (Å²) < 4.78 is 6.88. The number of nitrogens with one attached hydrogen (secondary N) is 1. The zero-order valence-corrected chi connectivity index (χ0v) is 18.5. The second kappa shape index (κ2) is 8.89. The summed E-state index contributed by atoms with van der Waals surface area (Å²) in [4.78, 5) is 25.5. The van der Waals surface area contributed by atoms with Gasteiger partial charge in [-0.1, -0.05) is 23.5 Å². The van der Waals surface area contributed by atoms with Gasteiger partial charge >= 0.3 is 0 Å². The number of carbonyl (C=O) groups is 1. The molecule has 9 heteroatoms. The summed E-state index contributed by atoms with van der Waals surface area (Å²) in [5.41, 5.74) is 3.28. The molecule has 6 nitrogen and oxygen atoms in total. The summed E-state index contributed by atoms with van der Waals surface area (Å²) in [5.74, 6) is 0.462. The lowest BCUT2D eigenvalue weighted by Gasteiger charge is -2.16. The summed E-state index contributed by atoms with van der Waals surface area (Å²) in [6.07, 6.45) is 0. The Kier molecular flexibility index (Phi) is 6.08. The van der Waals surface area contributed by atoms with Crippen LogP contribution in [0.15, 0.2) is 41.2 Å². The van der Waals surface area contributed by atoms with Gasteiger partial charge in [0, 0.05) is 18.5 Å². The summed E-state index contributed by atoms with van der Waals surface area (Å²) in [6.45, 7) is 6.44. The van der Waals surface area contributed by atoms with E-state index in [1.807, 2.05) is 35.7 Å². The van der Waals surface area contributed by atoms with Crippen LogP contribution in [0.25, 0.3) is 9.53 Å². The van der Waals surface area contributed by atoms with Crippen molar-refractivity contribution >= 4 is 60.3 Å². The number of nitrogens with zero attached hydrogens (tertiary/aromatic N) is 3. The summed E-state index contributed by atoms with van der Waals surface area (Å²) in [6, 6.07) is 9.34. The molecular formula is C20H20N4O2S3. The van der Waals surface area contributed by atoms with Crippen LogP contribution in [0, 0.1) is 0 Å². The van der Waals surface area contributed by atoms with E-state index < -0.39 is 0 Å². The lowest BCUT2D eigenvalue weighted by molar-refractivity contribution is 0.103. The zero-order valence-electron chi connectivity index (χ0n) is 16.0. The van der Waals surface area contributed by atoms with Crippen molar-refractivity contribution in [1.82, 2.24) is 9.97 Å². The number of benzene rings is 1. The number of anilines is 2. The lowest BCUT2D eigenvalue weighted by Crippen LogP contribution is -2.21. The third-order valence-electron chi connectivity index (χ3n) is 4.33. The van der Waals surface area contributed by atoms with Crippen molar-refractivity contribution in [3.05, 3.63) is 51.8 Å². The van der Waals surface area contributed by atoms with Crippen LogP contribution in [-0.2, 0) is 6.61 Å². The standard InChI is InChI=1S/C20H20N4O2S3/c1-3-24(4-2)20-23-19-17(29-20)9-16(28-19)18(25)22-14-7-5-6-8-15(14)26-10-13-11-27-12-21-13/h5-9,11-12H,3-4,10H2,1-2H3,(H,22,25). The minimum Gasteiger partial charge on any atom is -0.485 e. The van der Waals surface area contributed by atoms with Gasteiger partial charge in [-0.25, -0.2) is 9.97 Å². The van der Waals surface area contributed by atoms with Crippen LogP contribution in [-0.4, -0.2) is 29.0 Å². The van der Waals surface area contributed by atoms with Gasteiger partial charge in [0.1, 0.15) is 17.2 Å². The number of thiazole rings is 2. The Labute approximate surface area is 180 Å². The van der Waals surface area contributed by atoms with E-state index in [0.717, 1.165) is 33.4 Å². The maximum Gasteiger partial charge on any atom is 0.265 e. The van der Waals surface area contributed by atoms with Crippen molar-refractivity contribution in [1.29, 1.82) is 0 Å². The number of para-hydroxylation sites is 2. The van der Waals surface area contributed by atoms with Gasteiger partial charge in [-0.2, -0.15) is 0 Å². The fraction of sp³-hybridized carbons (Fsp3) is 0.250. The van der Waals surface area contributed by atoms with E-state index in [0.29, 0.717) is 22.9 Å². The molecule has 3 heterocycles. The molecule has 1 aromatic carbocycles. The van der Waals surface area contributed by atoms with Crippen LogP contribution in [0.3, 0.4) is 0 Å². The van der Waals surface area contributed by atoms with Gasteiger partial charge in [0.25, 0.3) is 5.91 Å². The van der Waals surface area contributed by atoms with Crippen LogP contribution in [0.1, 0.15) is 29.2 Å². The third kappa shape index (κ3) is 4.42. The molecule has 1 amide bonds. The van der Waals surface area contributed by atoms with E-state index in [1.54, 1.807) is 16.8 Å². The van der Waals surface area contributed by atoms with Gasteiger partial charge < -0.3 is 15.0 Å². The van der Waals surface area contributed by atoms with Crippen molar-refractivity contribution in [2.24, 2.45) is 0 Å². The molecule has 3 aromatic heterocycles. The van der Waals surface area contributed by atoms with Crippen LogP contribution in [0.2, 0.25) is 0 Å². The Bertz CT molecular complexity index is 1070. The van der Waals surface area contributed by atoms with Gasteiger partial charge in [0.05, 0.1) is 26.5 Å². The minimum absolute atomic E-state index is 0.158. The van der Waals surface area contributed by atoms with Crippen molar-refractivity contribution in [3.63, 3.8) is 0 Å². The number of hydrogen-bond donors (Lipinski definition) is 1. The first-order chi connectivity index (χ1) is 14.2. The van der Waals surface area contributed by atoms with E-state index in [4.69, 9.17) is 9.72 Å². The Hall–Kier alpha value is -2.49. The fourth-order valence-electron chi connectivity index (χ4n) is 2.81. The SMILES string of the molecule is CCN(CC)c1nc2sc(C(=O)Nc3ccccc3OCc3cscn3)cc2s1. The predicted molar refractivity (Wildman–Crippen MR) is 122 cm³/mol. The molecule has 0 atom stereocenters. The number of aromatic nitrogens is 2. The number of rotatable bonds is 8. The normalized spacial score (nSPS) is 11.0. The second-order valence-corrected chi connectivity index (χ2v) is 8.93. The fourth-order valence-corrected chi connectivity index (χ4v) is 5.58. The molecule has 0 saturated carbocycles. The first kappa shape index (κ1) is 19.8. The highest BCUT2D eigenvalue weighted by molar-refractivity contribution is 7.29. The van der Waals surface area contributed by atoms with Crippen LogP contribution < -0.4 is 15.0 Å². The first-order valence-electron chi connectivity index (χ1n) is 9.23. The number of ether oxygens (including phenoxy) is 1.